The fourth-order valence-corrected chi connectivity index (χ4v) is 3.85. The number of hydrogen-bond acceptors (Lipinski definition) is 5. The second-order valence-corrected chi connectivity index (χ2v) is 8.12. The van der Waals surface area contributed by atoms with Crippen LogP contribution in [0.1, 0.15) is 32.9 Å². The second-order valence-electron chi connectivity index (χ2n) is 8.12. The van der Waals surface area contributed by atoms with E-state index < -0.39 is 0 Å². The van der Waals surface area contributed by atoms with Gasteiger partial charge in [-0.15, -0.1) is 0 Å². The van der Waals surface area contributed by atoms with Gasteiger partial charge in [-0.25, -0.2) is 4.98 Å². The highest BCUT2D eigenvalue weighted by Crippen LogP contribution is 2.24. The molecule has 0 unspecified atom stereocenters. The maximum Gasteiger partial charge on any atom is 0.257 e. The number of imidazole rings is 1. The number of anilines is 1. The summed E-state index contributed by atoms with van der Waals surface area (Å²) in [4.78, 5) is 17.7. The summed E-state index contributed by atoms with van der Waals surface area (Å²) in [5.74, 6) is 2.58. The molecule has 0 aliphatic heterocycles. The van der Waals surface area contributed by atoms with Crippen LogP contribution in [0.4, 0.5) is 5.95 Å². The van der Waals surface area contributed by atoms with Crippen LogP contribution < -0.4 is 19.5 Å². The molecule has 7 nitrogen and oxygen atoms in total. The van der Waals surface area contributed by atoms with E-state index in [4.69, 9.17) is 19.2 Å². The number of nitrogens with one attached hydrogen (secondary N) is 1. The van der Waals surface area contributed by atoms with Gasteiger partial charge < -0.3 is 18.8 Å². The predicted molar refractivity (Wildman–Crippen MR) is 136 cm³/mol. The predicted octanol–water partition coefficient (Wildman–Crippen LogP) is 4.88. The van der Waals surface area contributed by atoms with Gasteiger partial charge in [-0.05, 0) is 59.7 Å². The van der Waals surface area contributed by atoms with E-state index in [1.54, 1.807) is 45.6 Å². The molecule has 1 heterocycles. The average molecular weight is 472 g/mol. The van der Waals surface area contributed by atoms with E-state index in [1.807, 2.05) is 60.1 Å². The third kappa shape index (κ3) is 5.63. The molecule has 1 N–H and O–H groups in total. The third-order valence-corrected chi connectivity index (χ3v) is 5.94. The minimum Gasteiger partial charge on any atom is -0.497 e. The molecule has 180 valence electrons. The maximum absolute atomic E-state index is 12.9. The number of amides is 1. The van der Waals surface area contributed by atoms with Gasteiger partial charge >= 0.3 is 0 Å². The summed E-state index contributed by atoms with van der Waals surface area (Å²) >= 11 is 0. The monoisotopic (exact) mass is 471 g/mol. The molecule has 4 aromatic rings. The van der Waals surface area contributed by atoms with Gasteiger partial charge in [0.2, 0.25) is 5.95 Å². The molecular weight excluding hydrogens is 442 g/mol. The van der Waals surface area contributed by atoms with Gasteiger partial charge in [0, 0.05) is 31.1 Å². The summed E-state index contributed by atoms with van der Waals surface area (Å²) in [6, 6.07) is 22.9. The van der Waals surface area contributed by atoms with Crippen molar-refractivity contribution in [2.75, 3.05) is 26.6 Å². The lowest BCUT2D eigenvalue weighted by atomic mass is 10.0. The van der Waals surface area contributed by atoms with Crippen molar-refractivity contribution >= 4 is 11.9 Å². The molecule has 7 heteroatoms. The Balaban J connectivity index is 1.63. The highest BCUT2D eigenvalue weighted by molar-refractivity contribution is 6.03. The van der Waals surface area contributed by atoms with E-state index >= 15 is 0 Å². The average Bonchev–Trinajstić information content (AvgIpc) is 3.18. The van der Waals surface area contributed by atoms with Crippen molar-refractivity contribution in [3.05, 3.63) is 101 Å². The van der Waals surface area contributed by atoms with E-state index in [1.165, 1.54) is 0 Å². The van der Waals surface area contributed by atoms with Gasteiger partial charge in [-0.1, -0.05) is 24.3 Å². The molecule has 0 spiro atoms. The van der Waals surface area contributed by atoms with E-state index in [0.717, 1.165) is 34.0 Å². The van der Waals surface area contributed by atoms with Gasteiger partial charge in [0.05, 0.1) is 27.0 Å². The third-order valence-electron chi connectivity index (χ3n) is 5.94. The number of carbonyl (C=O) groups is 1. The van der Waals surface area contributed by atoms with Crippen LogP contribution in [0.2, 0.25) is 0 Å². The van der Waals surface area contributed by atoms with Crippen LogP contribution in [0.15, 0.2) is 72.8 Å². The number of carbonyl (C=O) groups excluding carboxylic acids is 1. The number of benzene rings is 3. The summed E-state index contributed by atoms with van der Waals surface area (Å²) in [7, 11) is 6.82. The van der Waals surface area contributed by atoms with Crippen LogP contribution in [0.5, 0.6) is 17.2 Å². The summed E-state index contributed by atoms with van der Waals surface area (Å²) in [6.07, 6.45) is 1.29. The first kappa shape index (κ1) is 23.9. The largest absolute Gasteiger partial charge is 0.497 e. The van der Waals surface area contributed by atoms with Crippen molar-refractivity contribution in [3.8, 4) is 17.2 Å². The Morgan fingerprint density at radius 3 is 1.69 bits per heavy atom. The Bertz CT molecular complexity index is 1280. The summed E-state index contributed by atoms with van der Waals surface area (Å²) < 4.78 is 17.7. The van der Waals surface area contributed by atoms with Crippen LogP contribution in [0, 0.1) is 0 Å². The Morgan fingerprint density at radius 1 is 0.743 bits per heavy atom. The van der Waals surface area contributed by atoms with Gasteiger partial charge in [0.25, 0.3) is 5.91 Å². The lowest BCUT2D eigenvalue weighted by Crippen LogP contribution is -2.15. The summed E-state index contributed by atoms with van der Waals surface area (Å²) in [6.45, 7) is 0. The van der Waals surface area contributed by atoms with E-state index in [9.17, 15) is 4.79 Å². The molecule has 0 saturated heterocycles. The van der Waals surface area contributed by atoms with Crippen LogP contribution in [0.25, 0.3) is 0 Å². The molecule has 0 fully saturated rings. The van der Waals surface area contributed by atoms with E-state index in [2.05, 4.69) is 5.32 Å². The van der Waals surface area contributed by atoms with Crippen LogP contribution in [0.3, 0.4) is 0 Å². The standard InChI is InChI=1S/C28H29N3O4/c1-31-26(18-20-7-13-23(34-3)14-8-20)25(17-19-5-11-22(33-2)12-6-19)29-28(31)30-27(32)21-9-15-24(35-4)16-10-21/h5-16H,17-18H2,1-4H3,(H,29,30,32). The molecule has 0 bridgehead atoms. The summed E-state index contributed by atoms with van der Waals surface area (Å²) in [5.41, 5.74) is 4.68. The number of hydrogen-bond donors (Lipinski definition) is 1. The number of methoxy groups -OCH3 is 3. The Hall–Kier alpha value is -4.26. The lowest BCUT2D eigenvalue weighted by molar-refractivity contribution is 0.102. The molecule has 4 rings (SSSR count). The zero-order chi connectivity index (χ0) is 24.8. The number of rotatable bonds is 9. The zero-order valence-electron chi connectivity index (χ0n) is 20.4. The van der Waals surface area contributed by atoms with Gasteiger partial charge in [0.1, 0.15) is 17.2 Å². The smallest absolute Gasteiger partial charge is 0.257 e. The molecule has 1 aromatic heterocycles. The molecule has 1 amide bonds. The topological polar surface area (TPSA) is 74.6 Å². The van der Waals surface area contributed by atoms with Crippen molar-refractivity contribution in [2.45, 2.75) is 12.8 Å². The van der Waals surface area contributed by atoms with Gasteiger partial charge in [-0.2, -0.15) is 0 Å². The molecule has 0 aliphatic rings. The van der Waals surface area contributed by atoms with E-state index in [0.29, 0.717) is 30.1 Å². The van der Waals surface area contributed by atoms with Crippen molar-refractivity contribution in [2.24, 2.45) is 7.05 Å². The van der Waals surface area contributed by atoms with Crippen molar-refractivity contribution in [3.63, 3.8) is 0 Å². The molecule has 0 radical (unpaired) electrons. The first-order valence-electron chi connectivity index (χ1n) is 11.3. The van der Waals surface area contributed by atoms with E-state index in [-0.39, 0.29) is 5.91 Å². The molecule has 0 atom stereocenters. The fourth-order valence-electron chi connectivity index (χ4n) is 3.85. The van der Waals surface area contributed by atoms with Crippen LogP contribution in [-0.2, 0) is 19.9 Å². The quantitative estimate of drug-likeness (QED) is 0.377. The number of aromatic nitrogens is 2. The SMILES string of the molecule is COc1ccc(Cc2nc(NC(=O)c3ccc(OC)cc3)n(C)c2Cc2ccc(OC)cc2)cc1. The molecular formula is C28H29N3O4. The Kier molecular flexibility index (Phi) is 7.35. The van der Waals surface area contributed by atoms with Crippen molar-refractivity contribution in [1.82, 2.24) is 9.55 Å². The molecule has 0 aliphatic carbocycles. The van der Waals surface area contributed by atoms with Crippen LogP contribution in [-0.4, -0.2) is 36.8 Å². The molecule has 3 aromatic carbocycles. The van der Waals surface area contributed by atoms with Crippen molar-refractivity contribution < 1.29 is 19.0 Å². The Labute approximate surface area is 205 Å². The number of nitrogens with zero attached hydrogens (tertiary/aromatic N) is 2. The van der Waals surface area contributed by atoms with Gasteiger partial charge in [-0.3, -0.25) is 10.1 Å². The summed E-state index contributed by atoms with van der Waals surface area (Å²) in [5, 5.41) is 2.96. The van der Waals surface area contributed by atoms with Crippen LogP contribution >= 0.6 is 0 Å². The minimum absolute atomic E-state index is 0.229. The first-order chi connectivity index (χ1) is 17.0. The fraction of sp³-hybridized carbons (Fsp3) is 0.214. The lowest BCUT2D eigenvalue weighted by Gasteiger charge is -2.10. The zero-order valence-corrected chi connectivity index (χ0v) is 20.4. The maximum atomic E-state index is 12.9. The second kappa shape index (κ2) is 10.8. The highest BCUT2D eigenvalue weighted by atomic mass is 16.5. The first-order valence-corrected chi connectivity index (χ1v) is 11.3. The highest BCUT2D eigenvalue weighted by Gasteiger charge is 2.18. The normalized spacial score (nSPS) is 10.6. The van der Waals surface area contributed by atoms with Crippen molar-refractivity contribution in [1.29, 1.82) is 0 Å². The molecule has 35 heavy (non-hydrogen) atoms. The number of ether oxygens (including phenoxy) is 3. The minimum atomic E-state index is -0.229. The molecule has 0 saturated carbocycles. The Morgan fingerprint density at radius 2 is 1.20 bits per heavy atom. The van der Waals surface area contributed by atoms with Gasteiger partial charge in [0.15, 0.2) is 0 Å².